The fourth-order valence-electron chi connectivity index (χ4n) is 1.59. The standard InChI is InChI=1S/C16H25NO4Si/c1-16(2,3)22(4,5)21-10-6-9-20-14-7-8-15(17-19)13(11-14)12-18/h7-8,11-12H,6,9-10H2,1-5H3. The molecule has 22 heavy (non-hydrogen) atoms. The molecular formula is C16H25NO4Si. The van der Waals surface area contributed by atoms with E-state index in [-0.39, 0.29) is 16.3 Å². The molecule has 0 fully saturated rings. The summed E-state index contributed by atoms with van der Waals surface area (Å²) in [5.41, 5.74) is 0.369. The molecular weight excluding hydrogens is 298 g/mol. The van der Waals surface area contributed by atoms with Crippen LogP contribution in [0.5, 0.6) is 5.75 Å². The SMILES string of the molecule is CC(C)(C)[Si](C)(C)OCCCOc1ccc(N=O)c(C=O)c1. The number of benzene rings is 1. The van der Waals surface area contributed by atoms with Crippen LogP contribution < -0.4 is 4.74 Å². The van der Waals surface area contributed by atoms with Gasteiger partial charge in [0.05, 0.1) is 6.61 Å². The Morgan fingerprint density at radius 3 is 2.45 bits per heavy atom. The van der Waals surface area contributed by atoms with E-state index < -0.39 is 8.32 Å². The number of nitrogens with zero attached hydrogens (tertiary/aromatic N) is 1. The summed E-state index contributed by atoms with van der Waals surface area (Å²) in [4.78, 5) is 21.4. The maximum Gasteiger partial charge on any atom is 0.191 e. The molecule has 122 valence electrons. The number of hydrogen-bond acceptors (Lipinski definition) is 5. The maximum atomic E-state index is 10.8. The molecule has 0 saturated carbocycles. The Bertz CT molecular complexity index is 523. The quantitative estimate of drug-likeness (QED) is 0.301. The van der Waals surface area contributed by atoms with E-state index in [0.717, 1.165) is 6.42 Å². The van der Waals surface area contributed by atoms with E-state index >= 15 is 0 Å². The highest BCUT2D eigenvalue weighted by Crippen LogP contribution is 2.36. The molecule has 0 atom stereocenters. The lowest BCUT2D eigenvalue weighted by atomic mass is 10.2. The van der Waals surface area contributed by atoms with Crippen LogP contribution in [0, 0.1) is 4.91 Å². The van der Waals surface area contributed by atoms with Gasteiger partial charge in [-0.15, -0.1) is 4.91 Å². The van der Waals surface area contributed by atoms with Crippen LogP contribution in [-0.2, 0) is 4.43 Å². The van der Waals surface area contributed by atoms with Crippen LogP contribution >= 0.6 is 0 Å². The predicted octanol–water partition coefficient (Wildman–Crippen LogP) is 4.69. The molecule has 0 radical (unpaired) electrons. The van der Waals surface area contributed by atoms with Crippen molar-refractivity contribution in [2.75, 3.05) is 13.2 Å². The number of carbonyl (C=O) groups is 1. The van der Waals surface area contributed by atoms with Crippen molar-refractivity contribution in [3.05, 3.63) is 28.7 Å². The minimum atomic E-state index is -1.71. The average molecular weight is 323 g/mol. The minimum absolute atomic E-state index is 0.128. The number of hydrogen-bond donors (Lipinski definition) is 0. The van der Waals surface area contributed by atoms with Crippen LogP contribution in [0.2, 0.25) is 18.1 Å². The zero-order valence-corrected chi connectivity index (χ0v) is 15.0. The van der Waals surface area contributed by atoms with Crippen molar-refractivity contribution < 1.29 is 14.0 Å². The summed E-state index contributed by atoms with van der Waals surface area (Å²) in [5.74, 6) is 0.557. The molecule has 0 aliphatic heterocycles. The molecule has 0 saturated heterocycles. The molecule has 1 rings (SSSR count). The third kappa shape index (κ3) is 5.03. The number of nitroso groups, excluding NO2 is 1. The smallest absolute Gasteiger partial charge is 0.191 e. The summed E-state index contributed by atoms with van der Waals surface area (Å²) in [5, 5.41) is 2.99. The van der Waals surface area contributed by atoms with Crippen molar-refractivity contribution in [3.63, 3.8) is 0 Å². The van der Waals surface area contributed by atoms with Gasteiger partial charge in [-0.3, -0.25) is 4.79 Å². The second-order valence-corrected chi connectivity index (χ2v) is 11.5. The second kappa shape index (κ2) is 7.65. The molecule has 0 unspecified atom stereocenters. The fourth-order valence-corrected chi connectivity index (χ4v) is 2.68. The Balaban J connectivity index is 2.43. The number of aldehydes is 1. The maximum absolute atomic E-state index is 10.8. The lowest BCUT2D eigenvalue weighted by Crippen LogP contribution is -2.41. The molecule has 0 aliphatic rings. The van der Waals surface area contributed by atoms with Crippen molar-refractivity contribution in [1.29, 1.82) is 0 Å². The Morgan fingerprint density at radius 2 is 1.91 bits per heavy atom. The van der Waals surface area contributed by atoms with Crippen LogP contribution in [0.3, 0.4) is 0 Å². The highest BCUT2D eigenvalue weighted by molar-refractivity contribution is 6.74. The molecule has 0 bridgehead atoms. The molecule has 0 N–H and O–H groups in total. The van der Waals surface area contributed by atoms with Crippen molar-refractivity contribution in [3.8, 4) is 5.75 Å². The van der Waals surface area contributed by atoms with Gasteiger partial charge in [-0.1, -0.05) is 20.8 Å². The van der Waals surface area contributed by atoms with Crippen molar-refractivity contribution >= 4 is 20.3 Å². The highest BCUT2D eigenvalue weighted by Gasteiger charge is 2.36. The van der Waals surface area contributed by atoms with Gasteiger partial charge < -0.3 is 9.16 Å². The third-order valence-corrected chi connectivity index (χ3v) is 8.59. The Labute approximate surface area is 133 Å². The zero-order chi connectivity index (χ0) is 16.8. The molecule has 6 heteroatoms. The normalized spacial score (nSPS) is 12.0. The summed E-state index contributed by atoms with van der Waals surface area (Å²) in [6.45, 7) is 12.2. The first kappa shape index (κ1) is 18.5. The molecule has 0 amide bonds. The van der Waals surface area contributed by atoms with Crippen LogP contribution in [0.15, 0.2) is 23.4 Å². The molecule has 5 nitrogen and oxygen atoms in total. The predicted molar refractivity (Wildman–Crippen MR) is 90.5 cm³/mol. The van der Waals surface area contributed by atoms with Crippen molar-refractivity contribution in [2.24, 2.45) is 5.18 Å². The van der Waals surface area contributed by atoms with E-state index in [4.69, 9.17) is 9.16 Å². The molecule has 1 aromatic carbocycles. The van der Waals surface area contributed by atoms with Crippen LogP contribution in [0.1, 0.15) is 37.6 Å². The molecule has 1 aromatic rings. The number of rotatable bonds is 8. The van der Waals surface area contributed by atoms with Gasteiger partial charge in [-0.05, 0) is 41.5 Å². The van der Waals surface area contributed by atoms with E-state index in [9.17, 15) is 9.70 Å². The topological polar surface area (TPSA) is 65.0 Å². The number of ether oxygens (including phenoxy) is 1. The Hall–Kier alpha value is -1.53. The fraction of sp³-hybridized carbons (Fsp3) is 0.562. The first-order valence-corrected chi connectivity index (χ1v) is 10.3. The Morgan fingerprint density at radius 1 is 1.23 bits per heavy atom. The molecule has 0 heterocycles. The third-order valence-electron chi connectivity index (χ3n) is 4.05. The van der Waals surface area contributed by atoms with Crippen LogP contribution in [0.4, 0.5) is 5.69 Å². The van der Waals surface area contributed by atoms with E-state index in [1.807, 2.05) is 0 Å². The molecule has 0 aliphatic carbocycles. The summed E-state index contributed by atoms with van der Waals surface area (Å²) < 4.78 is 11.6. The van der Waals surface area contributed by atoms with Crippen LogP contribution in [0.25, 0.3) is 0 Å². The summed E-state index contributed by atoms with van der Waals surface area (Å²) in [6.07, 6.45) is 1.38. The lowest BCUT2D eigenvalue weighted by Gasteiger charge is -2.36. The molecule has 0 spiro atoms. The number of carbonyl (C=O) groups excluding carboxylic acids is 1. The monoisotopic (exact) mass is 323 g/mol. The summed E-state index contributed by atoms with van der Waals surface area (Å²) in [7, 11) is -1.71. The highest BCUT2D eigenvalue weighted by atomic mass is 28.4. The van der Waals surface area contributed by atoms with E-state index in [0.29, 0.717) is 25.2 Å². The van der Waals surface area contributed by atoms with Gasteiger partial charge in [-0.2, -0.15) is 0 Å². The van der Waals surface area contributed by atoms with E-state index in [1.165, 1.54) is 12.1 Å². The zero-order valence-electron chi connectivity index (χ0n) is 14.0. The van der Waals surface area contributed by atoms with E-state index in [2.05, 4.69) is 39.0 Å². The van der Waals surface area contributed by atoms with E-state index in [1.54, 1.807) is 6.07 Å². The van der Waals surface area contributed by atoms with Gasteiger partial charge in [0, 0.05) is 18.6 Å². The minimum Gasteiger partial charge on any atom is -0.493 e. The van der Waals surface area contributed by atoms with Gasteiger partial charge in [-0.25, -0.2) is 0 Å². The molecule has 0 aromatic heterocycles. The largest absolute Gasteiger partial charge is 0.493 e. The van der Waals surface area contributed by atoms with Crippen molar-refractivity contribution in [2.45, 2.75) is 45.3 Å². The first-order valence-electron chi connectivity index (χ1n) is 7.40. The second-order valence-electron chi connectivity index (χ2n) is 6.74. The average Bonchev–Trinajstić information content (AvgIpc) is 2.45. The summed E-state index contributed by atoms with van der Waals surface area (Å²) >= 11 is 0. The van der Waals surface area contributed by atoms with Gasteiger partial charge in [0.2, 0.25) is 0 Å². The first-order chi connectivity index (χ1) is 10.2. The lowest BCUT2D eigenvalue weighted by molar-refractivity contribution is 0.112. The Kier molecular flexibility index (Phi) is 6.43. The van der Waals surface area contributed by atoms with Crippen molar-refractivity contribution in [1.82, 2.24) is 0 Å². The van der Waals surface area contributed by atoms with Crippen LogP contribution in [-0.4, -0.2) is 27.8 Å². The summed E-state index contributed by atoms with van der Waals surface area (Å²) in [6, 6.07) is 4.65. The van der Waals surface area contributed by atoms with Gasteiger partial charge >= 0.3 is 0 Å². The van der Waals surface area contributed by atoms with Gasteiger partial charge in [0.25, 0.3) is 0 Å². The van der Waals surface area contributed by atoms with Gasteiger partial charge in [0.15, 0.2) is 14.6 Å². The van der Waals surface area contributed by atoms with Gasteiger partial charge in [0.1, 0.15) is 11.4 Å².